The molecule has 0 aliphatic heterocycles. The molecule has 160 valence electrons. The molecule has 6 nitrogen and oxygen atoms in total. The Morgan fingerprint density at radius 2 is 1.39 bits per heavy atom. The van der Waals surface area contributed by atoms with Crippen LogP contribution in [0.2, 0.25) is 0 Å². The largest absolute Gasteiger partial charge is 0.497 e. The summed E-state index contributed by atoms with van der Waals surface area (Å²) in [4.78, 5) is 4.66. The van der Waals surface area contributed by atoms with Gasteiger partial charge in [0.25, 0.3) is 0 Å². The smallest absolute Gasteiger partial charge is 0.225 e. The van der Waals surface area contributed by atoms with Crippen molar-refractivity contribution in [3.63, 3.8) is 0 Å². The predicted molar refractivity (Wildman–Crippen MR) is 121 cm³/mol. The number of rotatable bonds is 8. The molecule has 0 N–H and O–H groups in total. The van der Waals surface area contributed by atoms with Crippen LogP contribution in [0.3, 0.4) is 0 Å². The molecule has 0 heterocycles. The van der Waals surface area contributed by atoms with E-state index >= 15 is 0 Å². The molecule has 0 aliphatic carbocycles. The zero-order valence-corrected chi connectivity index (χ0v) is 18.0. The van der Waals surface area contributed by atoms with E-state index in [1.807, 2.05) is 73.7 Å². The lowest BCUT2D eigenvalue weighted by molar-refractivity contribution is 0.377. The van der Waals surface area contributed by atoms with Gasteiger partial charge in [0.2, 0.25) is 5.90 Å². The second-order valence-electron chi connectivity index (χ2n) is 6.47. The second-order valence-corrected chi connectivity index (χ2v) is 6.47. The number of ether oxygens (including phenoxy) is 5. The van der Waals surface area contributed by atoms with Crippen molar-refractivity contribution in [2.75, 3.05) is 21.3 Å². The van der Waals surface area contributed by atoms with E-state index in [1.54, 1.807) is 33.7 Å². The highest BCUT2D eigenvalue weighted by molar-refractivity contribution is 5.96. The van der Waals surface area contributed by atoms with Gasteiger partial charge in [-0.25, -0.2) is 4.99 Å². The molecule has 0 spiro atoms. The van der Waals surface area contributed by atoms with Crippen LogP contribution in [0.4, 0.5) is 5.69 Å². The Morgan fingerprint density at radius 1 is 0.710 bits per heavy atom. The first kappa shape index (κ1) is 21.8. The normalized spacial score (nSPS) is 11.6. The third-order valence-corrected chi connectivity index (χ3v) is 4.33. The molecule has 3 rings (SSSR count). The highest BCUT2D eigenvalue weighted by Gasteiger charge is 2.10. The standard InChI is InChI=1S/C25H25NO5/c1-18(17-30-24-11-6-5-10-23(24)29-4)25(26-19-12-14-20(27-2)15-13-19)31-22-9-7-8-21(16-22)28-3/h5-17H,1-4H3. The van der Waals surface area contributed by atoms with E-state index in [0.29, 0.717) is 40.2 Å². The van der Waals surface area contributed by atoms with Crippen LogP contribution >= 0.6 is 0 Å². The average molecular weight is 419 g/mol. The number of hydrogen-bond acceptors (Lipinski definition) is 6. The van der Waals surface area contributed by atoms with Crippen molar-refractivity contribution in [1.29, 1.82) is 0 Å². The van der Waals surface area contributed by atoms with Gasteiger partial charge in [0.05, 0.1) is 33.3 Å². The quantitative estimate of drug-likeness (QED) is 0.262. The van der Waals surface area contributed by atoms with Crippen LogP contribution in [0.25, 0.3) is 0 Å². The van der Waals surface area contributed by atoms with Crippen LogP contribution in [-0.2, 0) is 0 Å². The molecular weight excluding hydrogens is 394 g/mol. The first-order valence-electron chi connectivity index (χ1n) is 9.64. The lowest BCUT2D eigenvalue weighted by Crippen LogP contribution is -2.11. The Kier molecular flexibility index (Phi) is 7.54. The van der Waals surface area contributed by atoms with Gasteiger partial charge in [0, 0.05) is 11.6 Å². The van der Waals surface area contributed by atoms with E-state index in [0.717, 1.165) is 5.75 Å². The maximum absolute atomic E-state index is 6.08. The van der Waals surface area contributed by atoms with Crippen LogP contribution < -0.4 is 23.7 Å². The monoisotopic (exact) mass is 419 g/mol. The van der Waals surface area contributed by atoms with Crippen molar-refractivity contribution in [1.82, 2.24) is 0 Å². The van der Waals surface area contributed by atoms with Crippen LogP contribution in [0, 0.1) is 0 Å². The Hall–Kier alpha value is -3.93. The molecule has 0 aliphatic rings. The van der Waals surface area contributed by atoms with Crippen LogP contribution in [-0.4, -0.2) is 27.2 Å². The molecule has 0 fully saturated rings. The van der Waals surface area contributed by atoms with Crippen LogP contribution in [0.15, 0.2) is 89.6 Å². The van der Waals surface area contributed by atoms with E-state index in [9.17, 15) is 0 Å². The van der Waals surface area contributed by atoms with Crippen molar-refractivity contribution < 1.29 is 23.7 Å². The van der Waals surface area contributed by atoms with E-state index in [2.05, 4.69) is 4.99 Å². The van der Waals surface area contributed by atoms with Gasteiger partial charge in [-0.3, -0.25) is 0 Å². The molecular formula is C25H25NO5. The van der Waals surface area contributed by atoms with Gasteiger partial charge in [0.15, 0.2) is 11.5 Å². The number of hydrogen-bond donors (Lipinski definition) is 0. The number of methoxy groups -OCH3 is 3. The van der Waals surface area contributed by atoms with Gasteiger partial charge in [-0.2, -0.15) is 0 Å². The molecule has 0 amide bonds. The minimum Gasteiger partial charge on any atom is -0.497 e. The summed E-state index contributed by atoms with van der Waals surface area (Å²) < 4.78 is 27.8. The number of aliphatic imine (C=N–C) groups is 1. The van der Waals surface area contributed by atoms with Crippen molar-refractivity contribution >= 4 is 11.6 Å². The molecule has 3 aromatic carbocycles. The summed E-state index contributed by atoms with van der Waals surface area (Å²) in [5, 5.41) is 0. The lowest BCUT2D eigenvalue weighted by Gasteiger charge is -2.12. The summed E-state index contributed by atoms with van der Waals surface area (Å²) in [6.07, 6.45) is 1.58. The maximum atomic E-state index is 6.08. The number of para-hydroxylation sites is 2. The number of nitrogens with zero attached hydrogens (tertiary/aromatic N) is 1. The summed E-state index contributed by atoms with van der Waals surface area (Å²) in [6.45, 7) is 1.86. The van der Waals surface area contributed by atoms with Crippen molar-refractivity contribution in [2.45, 2.75) is 6.92 Å². The average Bonchev–Trinajstić information content (AvgIpc) is 2.82. The van der Waals surface area contributed by atoms with Crippen molar-refractivity contribution in [2.24, 2.45) is 4.99 Å². The van der Waals surface area contributed by atoms with E-state index < -0.39 is 0 Å². The predicted octanol–water partition coefficient (Wildman–Crippen LogP) is 5.80. The molecule has 0 saturated heterocycles. The molecule has 6 heteroatoms. The summed E-state index contributed by atoms with van der Waals surface area (Å²) >= 11 is 0. The topological polar surface area (TPSA) is 58.5 Å². The summed E-state index contributed by atoms with van der Waals surface area (Å²) in [5.74, 6) is 3.64. The first-order valence-corrected chi connectivity index (χ1v) is 9.64. The minimum atomic E-state index is 0.383. The zero-order chi connectivity index (χ0) is 22.1. The minimum absolute atomic E-state index is 0.383. The molecule has 0 radical (unpaired) electrons. The Morgan fingerprint density at radius 3 is 2.06 bits per heavy atom. The van der Waals surface area contributed by atoms with Gasteiger partial charge in [-0.05, 0) is 55.5 Å². The SMILES string of the molecule is COc1ccc(N=C(Oc2cccc(OC)c2)C(C)=COc2ccccc2OC)cc1. The second kappa shape index (κ2) is 10.7. The third-order valence-electron chi connectivity index (χ3n) is 4.33. The Bertz CT molecular complexity index is 1060. The van der Waals surface area contributed by atoms with Crippen LogP contribution in [0.1, 0.15) is 6.92 Å². The Balaban J connectivity index is 1.92. The fraction of sp³-hybridized carbons (Fsp3) is 0.160. The summed E-state index contributed by atoms with van der Waals surface area (Å²) in [6, 6.07) is 22.1. The zero-order valence-electron chi connectivity index (χ0n) is 18.0. The highest BCUT2D eigenvalue weighted by atomic mass is 16.5. The van der Waals surface area contributed by atoms with Gasteiger partial charge >= 0.3 is 0 Å². The maximum Gasteiger partial charge on any atom is 0.225 e. The van der Waals surface area contributed by atoms with Crippen molar-refractivity contribution in [3.05, 3.63) is 84.6 Å². The molecule has 31 heavy (non-hydrogen) atoms. The van der Waals surface area contributed by atoms with E-state index in [-0.39, 0.29) is 0 Å². The van der Waals surface area contributed by atoms with E-state index in [4.69, 9.17) is 23.7 Å². The molecule has 0 bridgehead atoms. The highest BCUT2D eigenvalue weighted by Crippen LogP contribution is 2.27. The third kappa shape index (κ3) is 6.02. The molecule has 0 saturated carbocycles. The van der Waals surface area contributed by atoms with Gasteiger partial charge in [-0.15, -0.1) is 0 Å². The lowest BCUT2D eigenvalue weighted by atomic mass is 10.3. The summed E-state index contributed by atoms with van der Waals surface area (Å²) in [5.41, 5.74) is 1.40. The van der Waals surface area contributed by atoms with E-state index in [1.165, 1.54) is 0 Å². The van der Waals surface area contributed by atoms with Gasteiger partial charge in [0.1, 0.15) is 17.2 Å². The fourth-order valence-corrected chi connectivity index (χ4v) is 2.66. The van der Waals surface area contributed by atoms with Crippen LogP contribution in [0.5, 0.6) is 28.7 Å². The number of benzene rings is 3. The molecule has 0 aromatic heterocycles. The fourth-order valence-electron chi connectivity index (χ4n) is 2.66. The molecule has 3 aromatic rings. The molecule has 0 atom stereocenters. The Labute approximate surface area is 182 Å². The molecule has 0 unspecified atom stereocenters. The first-order chi connectivity index (χ1) is 15.1. The van der Waals surface area contributed by atoms with Gasteiger partial charge < -0.3 is 23.7 Å². The summed E-state index contributed by atoms with van der Waals surface area (Å²) in [7, 11) is 4.83. The van der Waals surface area contributed by atoms with Gasteiger partial charge in [-0.1, -0.05) is 18.2 Å². The van der Waals surface area contributed by atoms with Crippen molar-refractivity contribution in [3.8, 4) is 28.7 Å².